The second kappa shape index (κ2) is 9.36. The van der Waals surface area contributed by atoms with E-state index in [1.807, 2.05) is 37.8 Å². The van der Waals surface area contributed by atoms with Crippen LogP contribution in [0.25, 0.3) is 0 Å². The predicted molar refractivity (Wildman–Crippen MR) is 101 cm³/mol. The number of carbonyl (C=O) groups excluding carboxylic acids is 3. The molecule has 6 nitrogen and oxygen atoms in total. The van der Waals surface area contributed by atoms with Crippen molar-refractivity contribution in [1.29, 1.82) is 0 Å². The number of amides is 3. The van der Waals surface area contributed by atoms with Crippen LogP contribution in [0, 0.1) is 12.8 Å². The summed E-state index contributed by atoms with van der Waals surface area (Å²) >= 11 is 0. The van der Waals surface area contributed by atoms with E-state index in [4.69, 9.17) is 0 Å². The van der Waals surface area contributed by atoms with Crippen LogP contribution in [0.2, 0.25) is 0 Å². The van der Waals surface area contributed by atoms with E-state index in [9.17, 15) is 14.4 Å². The van der Waals surface area contributed by atoms with E-state index in [1.54, 1.807) is 12.1 Å². The Morgan fingerprint density at radius 1 is 1.15 bits per heavy atom. The number of hydrogen-bond donors (Lipinski definition) is 2. The lowest BCUT2D eigenvalue weighted by molar-refractivity contribution is -0.133. The number of likely N-dealkylation sites (tertiary alicyclic amines) is 1. The van der Waals surface area contributed by atoms with Gasteiger partial charge in [0.25, 0.3) is 5.91 Å². The number of piperidine rings is 1. The van der Waals surface area contributed by atoms with Gasteiger partial charge in [-0.1, -0.05) is 32.0 Å². The number of carbonyl (C=O) groups is 3. The van der Waals surface area contributed by atoms with E-state index in [2.05, 4.69) is 10.6 Å². The lowest BCUT2D eigenvalue weighted by Gasteiger charge is -2.32. The van der Waals surface area contributed by atoms with Gasteiger partial charge in [0.1, 0.15) is 0 Å². The molecule has 1 heterocycles. The first-order valence-corrected chi connectivity index (χ1v) is 9.27. The summed E-state index contributed by atoms with van der Waals surface area (Å²) in [6, 6.07) is 7.34. The monoisotopic (exact) mass is 359 g/mol. The molecule has 2 rings (SSSR count). The minimum atomic E-state index is -0.243. The van der Waals surface area contributed by atoms with Crippen LogP contribution >= 0.6 is 0 Å². The average Bonchev–Trinajstić information content (AvgIpc) is 2.60. The molecule has 1 saturated heterocycles. The highest BCUT2D eigenvalue weighted by Crippen LogP contribution is 2.13. The van der Waals surface area contributed by atoms with Crippen molar-refractivity contribution < 1.29 is 14.4 Å². The summed E-state index contributed by atoms with van der Waals surface area (Å²) in [6.07, 6.45) is 2.07. The van der Waals surface area contributed by atoms with E-state index in [0.717, 1.165) is 18.4 Å². The Bertz CT molecular complexity index is 649. The van der Waals surface area contributed by atoms with Crippen LogP contribution < -0.4 is 10.6 Å². The number of aryl methyl sites for hydroxylation is 1. The fraction of sp³-hybridized carbons (Fsp3) is 0.550. The number of nitrogens with zero attached hydrogens (tertiary/aromatic N) is 1. The summed E-state index contributed by atoms with van der Waals surface area (Å²) in [6.45, 7) is 7.24. The van der Waals surface area contributed by atoms with Crippen LogP contribution in [0.3, 0.4) is 0 Å². The first kappa shape index (κ1) is 19.9. The van der Waals surface area contributed by atoms with Gasteiger partial charge in [-0.05, 0) is 37.3 Å². The van der Waals surface area contributed by atoms with E-state index in [0.29, 0.717) is 31.0 Å². The molecule has 0 spiro atoms. The molecule has 1 aliphatic heterocycles. The van der Waals surface area contributed by atoms with Crippen LogP contribution in [-0.4, -0.2) is 48.3 Å². The Morgan fingerprint density at radius 2 is 1.81 bits per heavy atom. The van der Waals surface area contributed by atoms with Gasteiger partial charge in [-0.2, -0.15) is 0 Å². The maximum Gasteiger partial charge on any atom is 0.251 e. The van der Waals surface area contributed by atoms with Crippen molar-refractivity contribution in [3.8, 4) is 0 Å². The molecule has 0 atom stereocenters. The highest BCUT2D eigenvalue weighted by Gasteiger charge is 2.24. The first-order chi connectivity index (χ1) is 12.4. The topological polar surface area (TPSA) is 78.5 Å². The molecule has 142 valence electrons. The van der Waals surface area contributed by atoms with Crippen molar-refractivity contribution >= 4 is 17.7 Å². The summed E-state index contributed by atoms with van der Waals surface area (Å²) < 4.78 is 0. The smallest absolute Gasteiger partial charge is 0.251 e. The zero-order chi connectivity index (χ0) is 19.1. The zero-order valence-electron chi connectivity index (χ0n) is 15.9. The lowest BCUT2D eigenvalue weighted by atomic mass is 10.0. The molecule has 6 heteroatoms. The number of benzene rings is 1. The van der Waals surface area contributed by atoms with E-state index >= 15 is 0 Å². The molecule has 1 aromatic carbocycles. The summed E-state index contributed by atoms with van der Waals surface area (Å²) in [5.74, 6) is 0.110. The quantitative estimate of drug-likeness (QED) is 0.814. The second-order valence-corrected chi connectivity index (χ2v) is 7.32. The van der Waals surface area contributed by atoms with Crippen LogP contribution in [0.15, 0.2) is 24.3 Å². The molecule has 1 aromatic rings. The molecule has 2 N–H and O–H groups in total. The number of hydrogen-bond acceptors (Lipinski definition) is 3. The van der Waals surface area contributed by atoms with E-state index in [-0.39, 0.29) is 30.3 Å². The normalized spacial score (nSPS) is 15.0. The minimum absolute atomic E-state index is 0.0420. The van der Waals surface area contributed by atoms with Crippen molar-refractivity contribution in [3.05, 3.63) is 35.4 Å². The third kappa shape index (κ3) is 5.86. The highest BCUT2D eigenvalue weighted by molar-refractivity contribution is 5.97. The standard InChI is InChI=1S/C20H29N3O3/c1-14(2)12-19(25)23-10-8-16(9-11-23)22-18(24)13-21-20(26)17-7-5-4-6-15(17)3/h4-7,14,16H,8-13H2,1-3H3,(H,21,26)(H,22,24). The molecule has 3 amide bonds. The molecule has 0 radical (unpaired) electrons. The van der Waals surface area contributed by atoms with Crippen molar-refractivity contribution in [2.24, 2.45) is 5.92 Å². The Kier molecular flexibility index (Phi) is 7.18. The van der Waals surface area contributed by atoms with Crippen LogP contribution in [0.1, 0.15) is 49.0 Å². The summed E-state index contributed by atoms with van der Waals surface area (Å²) in [4.78, 5) is 38.2. The molecular formula is C20H29N3O3. The first-order valence-electron chi connectivity index (χ1n) is 9.27. The van der Waals surface area contributed by atoms with Gasteiger partial charge in [-0.15, -0.1) is 0 Å². The van der Waals surface area contributed by atoms with Crippen molar-refractivity contribution in [3.63, 3.8) is 0 Å². The molecule has 0 unspecified atom stereocenters. The fourth-order valence-corrected chi connectivity index (χ4v) is 3.11. The van der Waals surface area contributed by atoms with Crippen LogP contribution in [-0.2, 0) is 9.59 Å². The number of nitrogens with one attached hydrogen (secondary N) is 2. The lowest BCUT2D eigenvalue weighted by Crippen LogP contribution is -2.48. The molecule has 1 fully saturated rings. The maximum absolute atomic E-state index is 12.1. The fourth-order valence-electron chi connectivity index (χ4n) is 3.11. The van der Waals surface area contributed by atoms with E-state index in [1.165, 1.54) is 0 Å². The summed E-state index contributed by atoms with van der Waals surface area (Å²) in [5.41, 5.74) is 1.46. The summed E-state index contributed by atoms with van der Waals surface area (Å²) in [5, 5.41) is 5.61. The third-order valence-corrected chi connectivity index (χ3v) is 4.59. The van der Waals surface area contributed by atoms with Gasteiger partial charge < -0.3 is 15.5 Å². The second-order valence-electron chi connectivity index (χ2n) is 7.32. The SMILES string of the molecule is Cc1ccccc1C(=O)NCC(=O)NC1CCN(C(=O)CC(C)C)CC1. The summed E-state index contributed by atoms with van der Waals surface area (Å²) in [7, 11) is 0. The van der Waals surface area contributed by atoms with Crippen molar-refractivity contribution in [2.75, 3.05) is 19.6 Å². The highest BCUT2D eigenvalue weighted by atomic mass is 16.2. The van der Waals surface area contributed by atoms with Gasteiger partial charge >= 0.3 is 0 Å². The van der Waals surface area contributed by atoms with Crippen LogP contribution in [0.4, 0.5) is 0 Å². The zero-order valence-corrected chi connectivity index (χ0v) is 15.9. The van der Waals surface area contributed by atoms with Gasteiger partial charge in [0.15, 0.2) is 0 Å². The predicted octanol–water partition coefficient (Wildman–Crippen LogP) is 1.88. The van der Waals surface area contributed by atoms with Crippen molar-refractivity contribution in [1.82, 2.24) is 15.5 Å². The van der Waals surface area contributed by atoms with Gasteiger partial charge in [-0.25, -0.2) is 0 Å². The van der Waals surface area contributed by atoms with Gasteiger partial charge in [0.05, 0.1) is 6.54 Å². The Balaban J connectivity index is 1.72. The number of rotatable bonds is 6. The Hall–Kier alpha value is -2.37. The molecule has 0 aliphatic carbocycles. The minimum Gasteiger partial charge on any atom is -0.352 e. The molecule has 0 saturated carbocycles. The maximum atomic E-state index is 12.1. The van der Waals surface area contributed by atoms with E-state index < -0.39 is 0 Å². The molecular weight excluding hydrogens is 330 g/mol. The van der Waals surface area contributed by atoms with Gasteiger partial charge in [-0.3, -0.25) is 14.4 Å². The van der Waals surface area contributed by atoms with Crippen molar-refractivity contribution in [2.45, 2.75) is 46.1 Å². The molecule has 0 aromatic heterocycles. The molecule has 0 bridgehead atoms. The van der Waals surface area contributed by atoms with Crippen LogP contribution in [0.5, 0.6) is 0 Å². The Labute approximate surface area is 155 Å². The van der Waals surface area contributed by atoms with Gasteiger partial charge in [0.2, 0.25) is 11.8 Å². The molecule has 1 aliphatic rings. The third-order valence-electron chi connectivity index (χ3n) is 4.59. The Morgan fingerprint density at radius 3 is 2.42 bits per heavy atom. The molecule has 26 heavy (non-hydrogen) atoms. The largest absolute Gasteiger partial charge is 0.352 e. The van der Waals surface area contributed by atoms with Gasteiger partial charge in [0, 0.05) is 31.1 Å². The average molecular weight is 359 g/mol.